The summed E-state index contributed by atoms with van der Waals surface area (Å²) in [7, 11) is 3.16. The zero-order valence-electron chi connectivity index (χ0n) is 17.1. The maximum Gasteiger partial charge on any atom is 0.315 e. The Hall–Kier alpha value is -3.35. The highest BCUT2D eigenvalue weighted by molar-refractivity contribution is 5.84. The Morgan fingerprint density at radius 1 is 1.07 bits per heavy atom. The van der Waals surface area contributed by atoms with Crippen LogP contribution in [0.15, 0.2) is 46.9 Å². The van der Waals surface area contributed by atoms with Crippen molar-refractivity contribution in [1.29, 1.82) is 0 Å². The third-order valence-corrected chi connectivity index (χ3v) is 4.50. The molecule has 154 valence electrons. The average molecular weight is 398 g/mol. The minimum atomic E-state index is -0.303. The molecular formula is C22H26N2O5. The molecule has 0 saturated carbocycles. The van der Waals surface area contributed by atoms with Crippen molar-refractivity contribution in [3.63, 3.8) is 0 Å². The van der Waals surface area contributed by atoms with Crippen LogP contribution in [0, 0.1) is 0 Å². The first-order valence-corrected chi connectivity index (χ1v) is 9.46. The van der Waals surface area contributed by atoms with Crippen LogP contribution in [0.25, 0.3) is 11.0 Å². The lowest BCUT2D eigenvalue weighted by Gasteiger charge is -2.13. The number of rotatable bonds is 8. The van der Waals surface area contributed by atoms with E-state index in [1.54, 1.807) is 20.3 Å². The van der Waals surface area contributed by atoms with Crippen molar-refractivity contribution in [2.45, 2.75) is 26.4 Å². The summed E-state index contributed by atoms with van der Waals surface area (Å²) in [5, 5.41) is 6.67. The first-order valence-electron chi connectivity index (χ1n) is 9.46. The van der Waals surface area contributed by atoms with E-state index >= 15 is 0 Å². The first-order chi connectivity index (χ1) is 14.0. The third-order valence-electron chi connectivity index (χ3n) is 4.50. The molecule has 29 heavy (non-hydrogen) atoms. The molecule has 3 rings (SSSR count). The lowest BCUT2D eigenvalue weighted by Crippen LogP contribution is -2.36. The zero-order valence-corrected chi connectivity index (χ0v) is 17.1. The Bertz CT molecular complexity index is 982. The molecule has 2 aromatic carbocycles. The molecule has 1 aromatic heterocycles. The van der Waals surface area contributed by atoms with E-state index in [-0.39, 0.29) is 12.1 Å². The number of nitrogens with one attached hydrogen (secondary N) is 2. The zero-order chi connectivity index (χ0) is 20.8. The molecule has 0 fully saturated rings. The standard InChI is InChI=1S/C22H26N2O5/c1-5-28-18-8-6-7-16-12-19(29-21(16)18)14(2)24-22(25)23-13-15-9-10-17(26-3)20(11-15)27-4/h6-12,14H,5,13H2,1-4H3,(H2,23,24,25). The summed E-state index contributed by atoms with van der Waals surface area (Å²) in [5.74, 6) is 2.62. The Morgan fingerprint density at radius 2 is 1.86 bits per heavy atom. The van der Waals surface area contributed by atoms with Crippen molar-refractivity contribution < 1.29 is 23.4 Å². The fourth-order valence-corrected chi connectivity index (χ4v) is 3.03. The van der Waals surface area contributed by atoms with E-state index in [0.29, 0.717) is 41.7 Å². The third kappa shape index (κ3) is 4.74. The summed E-state index contributed by atoms with van der Waals surface area (Å²) in [6.07, 6.45) is 0. The van der Waals surface area contributed by atoms with Gasteiger partial charge in [-0.3, -0.25) is 0 Å². The quantitative estimate of drug-likeness (QED) is 0.587. The summed E-state index contributed by atoms with van der Waals surface area (Å²) in [6.45, 7) is 4.71. The molecule has 0 saturated heterocycles. The molecule has 1 unspecified atom stereocenters. The highest BCUT2D eigenvalue weighted by Gasteiger charge is 2.16. The van der Waals surface area contributed by atoms with Crippen molar-refractivity contribution in [2.24, 2.45) is 0 Å². The molecule has 1 heterocycles. The normalized spacial score (nSPS) is 11.7. The largest absolute Gasteiger partial charge is 0.493 e. The second-order valence-electron chi connectivity index (χ2n) is 6.49. The number of carbonyl (C=O) groups is 1. The van der Waals surface area contributed by atoms with Crippen LogP contribution in [-0.2, 0) is 6.54 Å². The number of ether oxygens (including phenoxy) is 3. The number of hydrogen-bond acceptors (Lipinski definition) is 5. The van der Waals surface area contributed by atoms with Gasteiger partial charge >= 0.3 is 6.03 Å². The Labute approximate surface area is 169 Å². The van der Waals surface area contributed by atoms with E-state index in [0.717, 1.165) is 10.9 Å². The van der Waals surface area contributed by atoms with Gasteiger partial charge in [0.05, 0.1) is 26.9 Å². The highest BCUT2D eigenvalue weighted by atomic mass is 16.5. The highest BCUT2D eigenvalue weighted by Crippen LogP contribution is 2.31. The van der Waals surface area contributed by atoms with Gasteiger partial charge in [-0.1, -0.05) is 18.2 Å². The Balaban J connectivity index is 1.62. The lowest BCUT2D eigenvalue weighted by atomic mass is 10.2. The van der Waals surface area contributed by atoms with Crippen LogP contribution < -0.4 is 24.8 Å². The number of hydrogen-bond donors (Lipinski definition) is 2. The number of fused-ring (bicyclic) bond motifs is 1. The van der Waals surface area contributed by atoms with Gasteiger partial charge in [-0.25, -0.2) is 4.79 Å². The molecular weight excluding hydrogens is 372 g/mol. The summed E-state index contributed by atoms with van der Waals surface area (Å²) >= 11 is 0. The van der Waals surface area contributed by atoms with Gasteiger partial charge in [0, 0.05) is 11.9 Å². The topological polar surface area (TPSA) is 82.0 Å². The van der Waals surface area contributed by atoms with Gasteiger partial charge in [-0.05, 0) is 43.7 Å². The molecule has 0 spiro atoms. The van der Waals surface area contributed by atoms with Gasteiger partial charge in [0.15, 0.2) is 22.8 Å². The number of methoxy groups -OCH3 is 2. The van der Waals surface area contributed by atoms with Crippen LogP contribution in [0.2, 0.25) is 0 Å². The van der Waals surface area contributed by atoms with Crippen molar-refractivity contribution >= 4 is 17.0 Å². The smallest absolute Gasteiger partial charge is 0.315 e. The van der Waals surface area contributed by atoms with E-state index in [2.05, 4.69) is 10.6 Å². The summed E-state index contributed by atoms with van der Waals surface area (Å²) < 4.78 is 22.0. The molecule has 2 amide bonds. The fourth-order valence-electron chi connectivity index (χ4n) is 3.03. The maximum absolute atomic E-state index is 12.3. The SMILES string of the molecule is CCOc1cccc2cc(C(C)NC(=O)NCc3ccc(OC)c(OC)c3)oc12. The summed E-state index contributed by atoms with van der Waals surface area (Å²) in [4.78, 5) is 12.3. The maximum atomic E-state index is 12.3. The molecule has 7 nitrogen and oxygen atoms in total. The first kappa shape index (κ1) is 20.4. The average Bonchev–Trinajstić information content (AvgIpc) is 3.18. The van der Waals surface area contributed by atoms with E-state index in [1.165, 1.54) is 0 Å². The number of furan rings is 1. The predicted octanol–water partition coefficient (Wildman–Crippen LogP) is 4.41. The number of urea groups is 1. The van der Waals surface area contributed by atoms with Crippen LogP contribution in [-0.4, -0.2) is 26.9 Å². The van der Waals surface area contributed by atoms with Gasteiger partial charge in [-0.15, -0.1) is 0 Å². The molecule has 7 heteroatoms. The van der Waals surface area contributed by atoms with E-state index in [9.17, 15) is 4.79 Å². The minimum Gasteiger partial charge on any atom is -0.493 e. The van der Waals surface area contributed by atoms with Gasteiger partial charge in [-0.2, -0.15) is 0 Å². The lowest BCUT2D eigenvalue weighted by molar-refractivity contribution is 0.236. The Morgan fingerprint density at radius 3 is 2.59 bits per heavy atom. The molecule has 0 bridgehead atoms. The van der Waals surface area contributed by atoms with Gasteiger partial charge in [0.25, 0.3) is 0 Å². The Kier molecular flexibility index (Phi) is 6.49. The monoisotopic (exact) mass is 398 g/mol. The molecule has 0 aliphatic heterocycles. The van der Waals surface area contributed by atoms with Crippen LogP contribution in [0.3, 0.4) is 0 Å². The molecule has 1 atom stereocenters. The number of para-hydroxylation sites is 1. The predicted molar refractivity (Wildman–Crippen MR) is 111 cm³/mol. The van der Waals surface area contributed by atoms with Gasteiger partial charge < -0.3 is 29.3 Å². The number of benzene rings is 2. The van der Waals surface area contributed by atoms with E-state index < -0.39 is 0 Å². The summed E-state index contributed by atoms with van der Waals surface area (Å²) in [6, 6.07) is 12.6. The van der Waals surface area contributed by atoms with Crippen molar-refractivity contribution in [3.05, 3.63) is 53.8 Å². The van der Waals surface area contributed by atoms with Crippen LogP contribution in [0.5, 0.6) is 17.2 Å². The van der Waals surface area contributed by atoms with Crippen LogP contribution in [0.1, 0.15) is 31.2 Å². The molecule has 2 N–H and O–H groups in total. The second-order valence-corrected chi connectivity index (χ2v) is 6.49. The number of amides is 2. The van der Waals surface area contributed by atoms with Crippen LogP contribution in [0.4, 0.5) is 4.79 Å². The van der Waals surface area contributed by atoms with Crippen molar-refractivity contribution in [1.82, 2.24) is 10.6 Å². The van der Waals surface area contributed by atoms with Crippen molar-refractivity contribution in [2.75, 3.05) is 20.8 Å². The van der Waals surface area contributed by atoms with E-state index in [4.69, 9.17) is 18.6 Å². The second kappa shape index (κ2) is 9.23. The van der Waals surface area contributed by atoms with E-state index in [1.807, 2.05) is 50.2 Å². The van der Waals surface area contributed by atoms with Crippen LogP contribution >= 0.6 is 0 Å². The van der Waals surface area contributed by atoms with Gasteiger partial charge in [0.2, 0.25) is 0 Å². The number of carbonyl (C=O) groups excluding carboxylic acids is 1. The van der Waals surface area contributed by atoms with Crippen molar-refractivity contribution in [3.8, 4) is 17.2 Å². The molecule has 0 radical (unpaired) electrons. The minimum absolute atomic E-state index is 0.294. The molecule has 3 aromatic rings. The van der Waals surface area contributed by atoms with Gasteiger partial charge in [0.1, 0.15) is 5.76 Å². The molecule has 0 aliphatic carbocycles. The summed E-state index contributed by atoms with van der Waals surface area (Å²) in [5.41, 5.74) is 1.58. The fraction of sp³-hybridized carbons (Fsp3) is 0.318. The molecule has 0 aliphatic rings.